The molecule has 2 N–H and O–H groups in total. The lowest BCUT2D eigenvalue weighted by molar-refractivity contribution is -0.120. The maximum absolute atomic E-state index is 14.5. The number of halogens is 3. The molecule has 0 aliphatic rings. The molecule has 2 heterocycles. The van der Waals surface area contributed by atoms with Crippen molar-refractivity contribution in [2.24, 2.45) is 0 Å². The predicted octanol–water partition coefficient (Wildman–Crippen LogP) is 3.25. The van der Waals surface area contributed by atoms with Crippen LogP contribution in [0.25, 0.3) is 5.69 Å². The Morgan fingerprint density at radius 3 is 2.80 bits per heavy atom. The van der Waals surface area contributed by atoms with E-state index in [4.69, 9.17) is 27.9 Å². The van der Waals surface area contributed by atoms with Gasteiger partial charge in [-0.3, -0.25) is 9.59 Å². The van der Waals surface area contributed by atoms with Gasteiger partial charge in [0.2, 0.25) is 5.91 Å². The number of rotatable bonds is 9. The van der Waals surface area contributed by atoms with Crippen LogP contribution in [0.1, 0.15) is 15.4 Å². The minimum atomic E-state index is -0.608. The Morgan fingerprint density at radius 1 is 1.27 bits per heavy atom. The number of hydrogen-bond acceptors (Lipinski definition) is 6. The van der Waals surface area contributed by atoms with Crippen molar-refractivity contribution in [2.45, 2.75) is 6.54 Å². The Balaban J connectivity index is 1.59. The van der Waals surface area contributed by atoms with Crippen molar-refractivity contribution in [3.8, 4) is 5.69 Å². The fourth-order valence-electron chi connectivity index (χ4n) is 2.38. The van der Waals surface area contributed by atoms with E-state index in [0.29, 0.717) is 14.9 Å². The molecule has 3 aromatic rings. The van der Waals surface area contributed by atoms with Crippen LogP contribution in [-0.2, 0) is 16.1 Å². The molecule has 2 amide bonds. The molecule has 12 heteroatoms. The summed E-state index contributed by atoms with van der Waals surface area (Å²) in [5.41, 5.74) is 0.860. The molecule has 0 fully saturated rings. The lowest BCUT2D eigenvalue weighted by Gasteiger charge is -2.08. The van der Waals surface area contributed by atoms with Crippen LogP contribution in [0.4, 0.5) is 10.1 Å². The van der Waals surface area contributed by atoms with Crippen LogP contribution >= 0.6 is 34.5 Å². The minimum Gasteiger partial charge on any atom is -0.370 e. The van der Waals surface area contributed by atoms with Crippen LogP contribution < -0.4 is 10.6 Å². The van der Waals surface area contributed by atoms with E-state index < -0.39 is 11.7 Å². The summed E-state index contributed by atoms with van der Waals surface area (Å²) in [6.07, 6.45) is 1.50. The highest BCUT2D eigenvalue weighted by Crippen LogP contribution is 2.21. The van der Waals surface area contributed by atoms with E-state index in [0.717, 1.165) is 11.3 Å². The zero-order valence-corrected chi connectivity index (χ0v) is 17.7. The molecule has 0 unspecified atom stereocenters. The Kier molecular flexibility index (Phi) is 7.75. The Labute approximate surface area is 184 Å². The average Bonchev–Trinajstić information content (AvgIpc) is 3.35. The summed E-state index contributed by atoms with van der Waals surface area (Å²) in [7, 11) is 0. The molecule has 0 saturated heterocycles. The highest BCUT2D eigenvalue weighted by atomic mass is 35.5. The SMILES string of the molecule is O=C(COCCCl)Nc1ccc(-n2cc(CNC(=O)c3ccc(Cl)s3)nn2)c(F)c1. The van der Waals surface area contributed by atoms with E-state index in [1.807, 2.05) is 0 Å². The Bertz CT molecular complexity index is 1040. The fourth-order valence-corrected chi connectivity index (χ4v) is 3.45. The first-order chi connectivity index (χ1) is 14.5. The van der Waals surface area contributed by atoms with E-state index >= 15 is 0 Å². The van der Waals surface area contributed by atoms with E-state index in [2.05, 4.69) is 20.9 Å². The number of aromatic nitrogens is 3. The topological polar surface area (TPSA) is 98.1 Å². The van der Waals surface area contributed by atoms with Crippen molar-refractivity contribution in [2.75, 3.05) is 24.4 Å². The van der Waals surface area contributed by atoms with Crippen molar-refractivity contribution >= 4 is 52.0 Å². The van der Waals surface area contributed by atoms with Crippen molar-refractivity contribution in [1.82, 2.24) is 20.3 Å². The monoisotopic (exact) mass is 471 g/mol. The third-order valence-electron chi connectivity index (χ3n) is 3.70. The number of carbonyl (C=O) groups excluding carboxylic acids is 2. The maximum Gasteiger partial charge on any atom is 0.261 e. The van der Waals surface area contributed by atoms with E-state index in [1.165, 1.54) is 29.1 Å². The lowest BCUT2D eigenvalue weighted by atomic mass is 10.2. The number of hydrogen-bond donors (Lipinski definition) is 2. The zero-order chi connectivity index (χ0) is 21.5. The van der Waals surface area contributed by atoms with E-state index in [1.54, 1.807) is 12.1 Å². The van der Waals surface area contributed by atoms with Gasteiger partial charge in [0.05, 0.1) is 28.6 Å². The molecule has 0 radical (unpaired) electrons. The average molecular weight is 472 g/mol. The second-order valence-electron chi connectivity index (χ2n) is 5.90. The first-order valence-electron chi connectivity index (χ1n) is 8.64. The number of nitrogens with zero attached hydrogens (tertiary/aromatic N) is 3. The summed E-state index contributed by atoms with van der Waals surface area (Å²) in [6, 6.07) is 7.41. The largest absolute Gasteiger partial charge is 0.370 e. The smallest absolute Gasteiger partial charge is 0.261 e. The number of amides is 2. The maximum atomic E-state index is 14.5. The van der Waals surface area contributed by atoms with Gasteiger partial charge in [0.1, 0.15) is 18.0 Å². The van der Waals surface area contributed by atoms with Crippen LogP contribution in [0.2, 0.25) is 4.34 Å². The van der Waals surface area contributed by atoms with E-state index in [-0.39, 0.29) is 42.9 Å². The standard InChI is InChI=1S/C18H16Cl2FN5O3S/c19-5-6-29-10-17(27)23-11-1-2-14(13(21)7-11)26-9-12(24-25-26)8-22-18(28)15-3-4-16(20)30-15/h1-4,7,9H,5-6,8,10H2,(H,22,28)(H,23,27). The second-order valence-corrected chi connectivity index (χ2v) is 7.99. The summed E-state index contributed by atoms with van der Waals surface area (Å²) in [5.74, 6) is -1.04. The van der Waals surface area contributed by atoms with Gasteiger partial charge in [-0.05, 0) is 30.3 Å². The first-order valence-corrected chi connectivity index (χ1v) is 10.4. The molecule has 1 aromatic carbocycles. The molecule has 0 saturated carbocycles. The number of benzene rings is 1. The van der Waals surface area contributed by atoms with Gasteiger partial charge >= 0.3 is 0 Å². The molecule has 3 rings (SSSR count). The molecular formula is C18H16Cl2FN5O3S. The summed E-state index contributed by atoms with van der Waals surface area (Å²) in [5, 5.41) is 13.0. The number of nitrogens with one attached hydrogen (secondary N) is 2. The number of ether oxygens (including phenoxy) is 1. The molecule has 158 valence electrons. The van der Waals surface area contributed by atoms with Crippen LogP contribution in [0.3, 0.4) is 0 Å². The Hall–Kier alpha value is -2.53. The fraction of sp³-hybridized carbons (Fsp3) is 0.222. The summed E-state index contributed by atoms with van der Waals surface area (Å²) >= 11 is 12.4. The van der Waals surface area contributed by atoms with Crippen molar-refractivity contribution in [1.29, 1.82) is 0 Å². The second kappa shape index (κ2) is 10.5. The van der Waals surface area contributed by atoms with Gasteiger partial charge in [-0.1, -0.05) is 16.8 Å². The highest BCUT2D eigenvalue weighted by Gasteiger charge is 2.12. The van der Waals surface area contributed by atoms with Gasteiger partial charge in [0.25, 0.3) is 5.91 Å². The summed E-state index contributed by atoms with van der Waals surface area (Å²) in [6.45, 7) is 0.191. The van der Waals surface area contributed by atoms with Gasteiger partial charge in [0.15, 0.2) is 5.82 Å². The van der Waals surface area contributed by atoms with Crippen molar-refractivity contribution in [3.63, 3.8) is 0 Å². The summed E-state index contributed by atoms with van der Waals surface area (Å²) < 4.78 is 21.2. The molecule has 0 aliphatic heterocycles. The predicted molar refractivity (Wildman–Crippen MR) is 112 cm³/mol. The van der Waals surface area contributed by atoms with Crippen LogP contribution in [0.15, 0.2) is 36.5 Å². The van der Waals surface area contributed by atoms with Crippen molar-refractivity contribution < 1.29 is 18.7 Å². The van der Waals surface area contributed by atoms with Gasteiger partial charge in [0, 0.05) is 11.6 Å². The molecule has 0 bridgehead atoms. The molecule has 8 nitrogen and oxygen atoms in total. The van der Waals surface area contributed by atoms with E-state index in [9.17, 15) is 14.0 Å². The van der Waals surface area contributed by atoms with Gasteiger partial charge < -0.3 is 15.4 Å². The number of thiophene rings is 1. The highest BCUT2D eigenvalue weighted by molar-refractivity contribution is 7.17. The molecule has 0 spiro atoms. The van der Waals surface area contributed by atoms with Gasteiger partial charge in [-0.25, -0.2) is 9.07 Å². The minimum absolute atomic E-state index is 0.117. The normalized spacial score (nSPS) is 10.8. The molecule has 2 aromatic heterocycles. The molecule has 0 aliphatic carbocycles. The number of alkyl halides is 1. The first kappa shape index (κ1) is 22.2. The third-order valence-corrected chi connectivity index (χ3v) is 5.09. The third kappa shape index (κ3) is 5.99. The van der Waals surface area contributed by atoms with Crippen LogP contribution in [0, 0.1) is 5.82 Å². The van der Waals surface area contributed by atoms with Crippen LogP contribution in [-0.4, -0.2) is 45.9 Å². The molecule has 30 heavy (non-hydrogen) atoms. The lowest BCUT2D eigenvalue weighted by Crippen LogP contribution is -2.21. The number of carbonyl (C=O) groups is 2. The molecular weight excluding hydrogens is 456 g/mol. The summed E-state index contributed by atoms with van der Waals surface area (Å²) in [4.78, 5) is 24.2. The Morgan fingerprint density at radius 2 is 2.10 bits per heavy atom. The number of anilines is 1. The van der Waals surface area contributed by atoms with Crippen molar-refractivity contribution in [3.05, 3.63) is 57.3 Å². The van der Waals surface area contributed by atoms with Gasteiger partial charge in [-0.15, -0.1) is 28.0 Å². The molecule has 0 atom stereocenters. The quantitative estimate of drug-likeness (QED) is 0.368. The van der Waals surface area contributed by atoms with Gasteiger partial charge in [-0.2, -0.15) is 0 Å². The zero-order valence-electron chi connectivity index (χ0n) is 15.4. The van der Waals surface area contributed by atoms with Crippen LogP contribution in [0.5, 0.6) is 0 Å².